The second kappa shape index (κ2) is 5.80. The van der Waals surface area contributed by atoms with Crippen molar-refractivity contribution in [2.45, 2.75) is 6.42 Å². The van der Waals surface area contributed by atoms with Gasteiger partial charge in [-0.1, -0.05) is 12.1 Å². The third-order valence-electron chi connectivity index (χ3n) is 4.19. The monoisotopic (exact) mass is 261 g/mol. The van der Waals surface area contributed by atoms with Gasteiger partial charge in [0.05, 0.1) is 18.0 Å². The van der Waals surface area contributed by atoms with Gasteiger partial charge in [0.25, 0.3) is 0 Å². The summed E-state index contributed by atoms with van der Waals surface area (Å²) < 4.78 is 5.45. The van der Waals surface area contributed by atoms with Crippen molar-refractivity contribution < 1.29 is 4.74 Å². The smallest absolute Gasteiger partial charge is 0.0600 e. The lowest BCUT2D eigenvalue weighted by atomic mass is 10.1. The van der Waals surface area contributed by atoms with E-state index in [0.29, 0.717) is 0 Å². The lowest BCUT2D eigenvalue weighted by Gasteiger charge is -2.37. The molecule has 19 heavy (non-hydrogen) atoms. The summed E-state index contributed by atoms with van der Waals surface area (Å²) in [7, 11) is 0. The molecule has 2 aliphatic rings. The van der Waals surface area contributed by atoms with Crippen molar-refractivity contribution in [1.29, 1.82) is 0 Å². The van der Waals surface area contributed by atoms with Crippen LogP contribution in [0.3, 0.4) is 0 Å². The van der Waals surface area contributed by atoms with Crippen molar-refractivity contribution in [2.24, 2.45) is 5.92 Å². The predicted octanol–water partition coefficient (Wildman–Crippen LogP) is 1.43. The van der Waals surface area contributed by atoms with Crippen LogP contribution in [0.5, 0.6) is 0 Å². The van der Waals surface area contributed by atoms with Crippen LogP contribution in [0, 0.1) is 5.92 Å². The summed E-state index contributed by atoms with van der Waals surface area (Å²) in [4.78, 5) is 4.96. The first-order chi connectivity index (χ1) is 9.33. The normalized spacial score (nSPS) is 24.8. The quantitative estimate of drug-likeness (QED) is 0.836. The molecule has 1 aromatic carbocycles. The maximum atomic E-state index is 6.05. The maximum absolute atomic E-state index is 6.05. The van der Waals surface area contributed by atoms with Gasteiger partial charge >= 0.3 is 0 Å². The molecule has 3 rings (SSSR count). The predicted molar refractivity (Wildman–Crippen MR) is 78.4 cm³/mol. The first kappa shape index (κ1) is 12.8. The van der Waals surface area contributed by atoms with Crippen LogP contribution in [0.4, 0.5) is 11.4 Å². The van der Waals surface area contributed by atoms with Gasteiger partial charge in [0.1, 0.15) is 0 Å². The molecular weight excluding hydrogens is 238 g/mol. The summed E-state index contributed by atoms with van der Waals surface area (Å²) in [6, 6.07) is 8.16. The highest BCUT2D eigenvalue weighted by Gasteiger charge is 2.23. The highest BCUT2D eigenvalue weighted by molar-refractivity contribution is 5.67. The lowest BCUT2D eigenvalue weighted by Crippen LogP contribution is -2.48. The zero-order valence-electron chi connectivity index (χ0n) is 11.4. The number of para-hydroxylation sites is 2. The van der Waals surface area contributed by atoms with E-state index in [0.717, 1.165) is 51.0 Å². The van der Waals surface area contributed by atoms with Crippen molar-refractivity contribution in [3.63, 3.8) is 0 Å². The number of hydrogen-bond donors (Lipinski definition) is 1. The topological polar surface area (TPSA) is 41.7 Å². The largest absolute Gasteiger partial charge is 0.397 e. The molecule has 1 atom stereocenters. The van der Waals surface area contributed by atoms with Crippen molar-refractivity contribution in [3.8, 4) is 0 Å². The van der Waals surface area contributed by atoms with E-state index < -0.39 is 0 Å². The number of piperazine rings is 1. The molecule has 2 aliphatic heterocycles. The van der Waals surface area contributed by atoms with Crippen LogP contribution in [-0.4, -0.2) is 50.8 Å². The molecule has 2 heterocycles. The van der Waals surface area contributed by atoms with Gasteiger partial charge in [-0.15, -0.1) is 0 Å². The van der Waals surface area contributed by atoms with Crippen LogP contribution in [0.15, 0.2) is 24.3 Å². The molecule has 0 saturated carbocycles. The number of anilines is 2. The van der Waals surface area contributed by atoms with Crippen LogP contribution < -0.4 is 10.6 Å². The fourth-order valence-corrected chi connectivity index (χ4v) is 3.04. The number of hydrogen-bond acceptors (Lipinski definition) is 4. The SMILES string of the molecule is Nc1ccccc1N1CCN(CC2CCOC2)CC1. The van der Waals surface area contributed by atoms with E-state index in [9.17, 15) is 0 Å². The van der Waals surface area contributed by atoms with E-state index in [1.807, 2.05) is 12.1 Å². The molecule has 4 nitrogen and oxygen atoms in total. The second-order valence-electron chi connectivity index (χ2n) is 5.58. The average molecular weight is 261 g/mol. The van der Waals surface area contributed by atoms with Crippen molar-refractivity contribution in [3.05, 3.63) is 24.3 Å². The highest BCUT2D eigenvalue weighted by atomic mass is 16.5. The summed E-state index contributed by atoms with van der Waals surface area (Å²) in [6.45, 7) is 7.49. The molecule has 2 saturated heterocycles. The first-order valence-electron chi connectivity index (χ1n) is 7.22. The van der Waals surface area contributed by atoms with Crippen LogP contribution in [0.25, 0.3) is 0 Å². The van der Waals surface area contributed by atoms with E-state index in [1.165, 1.54) is 18.7 Å². The van der Waals surface area contributed by atoms with Gasteiger partial charge in [0.2, 0.25) is 0 Å². The van der Waals surface area contributed by atoms with Crippen LogP contribution in [0.1, 0.15) is 6.42 Å². The molecule has 104 valence electrons. The van der Waals surface area contributed by atoms with E-state index in [1.54, 1.807) is 0 Å². The summed E-state index contributed by atoms with van der Waals surface area (Å²) in [5, 5.41) is 0. The minimum Gasteiger partial charge on any atom is -0.397 e. The second-order valence-corrected chi connectivity index (χ2v) is 5.58. The third kappa shape index (κ3) is 3.01. The Balaban J connectivity index is 1.53. The molecule has 0 spiro atoms. The number of benzene rings is 1. The van der Waals surface area contributed by atoms with Crippen LogP contribution in [-0.2, 0) is 4.74 Å². The summed E-state index contributed by atoms with van der Waals surface area (Å²) >= 11 is 0. The molecule has 4 heteroatoms. The van der Waals surface area contributed by atoms with Crippen molar-refractivity contribution >= 4 is 11.4 Å². The maximum Gasteiger partial charge on any atom is 0.0600 e. The molecule has 0 bridgehead atoms. The summed E-state index contributed by atoms with van der Waals surface area (Å²) in [6.07, 6.45) is 1.23. The fourth-order valence-electron chi connectivity index (χ4n) is 3.04. The lowest BCUT2D eigenvalue weighted by molar-refractivity contribution is 0.164. The molecule has 0 amide bonds. The Kier molecular flexibility index (Phi) is 3.89. The van der Waals surface area contributed by atoms with Gasteiger partial charge in [0, 0.05) is 39.3 Å². The first-order valence-corrected chi connectivity index (χ1v) is 7.22. The third-order valence-corrected chi connectivity index (χ3v) is 4.19. The van der Waals surface area contributed by atoms with E-state index in [-0.39, 0.29) is 0 Å². The van der Waals surface area contributed by atoms with Crippen LogP contribution >= 0.6 is 0 Å². The number of nitrogens with zero attached hydrogens (tertiary/aromatic N) is 2. The van der Waals surface area contributed by atoms with E-state index in [2.05, 4.69) is 21.9 Å². The van der Waals surface area contributed by atoms with Crippen molar-refractivity contribution in [2.75, 3.05) is 56.6 Å². The average Bonchev–Trinajstić information content (AvgIpc) is 2.93. The fraction of sp³-hybridized carbons (Fsp3) is 0.600. The van der Waals surface area contributed by atoms with Gasteiger partial charge in [-0.05, 0) is 24.5 Å². The Bertz CT molecular complexity index is 410. The molecular formula is C15H23N3O. The number of nitrogens with two attached hydrogens (primary N) is 1. The zero-order chi connectivity index (χ0) is 13.1. The Morgan fingerprint density at radius 2 is 1.95 bits per heavy atom. The Hall–Kier alpha value is -1.26. The summed E-state index contributed by atoms with van der Waals surface area (Å²) in [5.74, 6) is 0.744. The standard InChI is InChI=1S/C15H23N3O/c16-14-3-1-2-4-15(14)18-8-6-17(7-9-18)11-13-5-10-19-12-13/h1-4,13H,5-12,16H2. The Morgan fingerprint density at radius 1 is 1.16 bits per heavy atom. The molecule has 0 aliphatic carbocycles. The Morgan fingerprint density at radius 3 is 2.63 bits per heavy atom. The van der Waals surface area contributed by atoms with E-state index >= 15 is 0 Å². The molecule has 1 aromatic rings. The van der Waals surface area contributed by atoms with Gasteiger partial charge in [-0.3, -0.25) is 4.90 Å². The van der Waals surface area contributed by atoms with Crippen LogP contribution in [0.2, 0.25) is 0 Å². The number of nitrogen functional groups attached to an aromatic ring is 1. The van der Waals surface area contributed by atoms with Gasteiger partial charge in [-0.25, -0.2) is 0 Å². The molecule has 0 aromatic heterocycles. The van der Waals surface area contributed by atoms with Gasteiger partial charge in [-0.2, -0.15) is 0 Å². The molecule has 0 radical (unpaired) electrons. The van der Waals surface area contributed by atoms with E-state index in [4.69, 9.17) is 10.5 Å². The van der Waals surface area contributed by atoms with Gasteiger partial charge in [0.15, 0.2) is 0 Å². The molecule has 2 N–H and O–H groups in total. The summed E-state index contributed by atoms with van der Waals surface area (Å²) in [5.41, 5.74) is 8.12. The van der Waals surface area contributed by atoms with Gasteiger partial charge < -0.3 is 15.4 Å². The molecule has 1 unspecified atom stereocenters. The number of rotatable bonds is 3. The molecule has 2 fully saturated rings. The zero-order valence-corrected chi connectivity index (χ0v) is 11.4. The minimum atomic E-state index is 0.744. The minimum absolute atomic E-state index is 0.744. The number of ether oxygens (including phenoxy) is 1. The highest BCUT2D eigenvalue weighted by Crippen LogP contribution is 2.24. The Labute approximate surface area is 115 Å². The van der Waals surface area contributed by atoms with Crippen molar-refractivity contribution in [1.82, 2.24) is 4.90 Å².